The monoisotopic (exact) mass is 446 g/mol. The van der Waals surface area contributed by atoms with Crippen molar-refractivity contribution in [2.45, 2.75) is 64.0 Å². The van der Waals surface area contributed by atoms with E-state index in [0.29, 0.717) is 18.5 Å². The van der Waals surface area contributed by atoms with Crippen LogP contribution in [-0.2, 0) is 0 Å². The highest BCUT2D eigenvalue weighted by atomic mass is 127. The van der Waals surface area contributed by atoms with Crippen molar-refractivity contribution in [1.82, 2.24) is 10.2 Å². The van der Waals surface area contributed by atoms with Crippen LogP contribution in [0.3, 0.4) is 0 Å². The van der Waals surface area contributed by atoms with Crippen LogP contribution in [0.2, 0.25) is 0 Å². The lowest BCUT2D eigenvalue weighted by Gasteiger charge is -2.26. The first-order chi connectivity index (χ1) is 11.2. The fourth-order valence-electron chi connectivity index (χ4n) is 3.76. The fourth-order valence-corrected chi connectivity index (χ4v) is 3.76. The molecule has 1 aliphatic heterocycles. The molecule has 1 unspecified atom stereocenters. The third kappa shape index (κ3) is 5.37. The highest BCUT2D eigenvalue weighted by Crippen LogP contribution is 2.27. The van der Waals surface area contributed by atoms with E-state index in [4.69, 9.17) is 10.2 Å². The fraction of sp³-hybridized carbons (Fsp3) is 0.722. The topological polar surface area (TPSA) is 66.8 Å². The SMILES string of the molecule is Cc1ccc(C(CN=C(N)NC2CCCCC2)N2CCCC2)o1.I. The zero-order valence-electron chi connectivity index (χ0n) is 14.7. The van der Waals surface area contributed by atoms with Crippen molar-refractivity contribution in [1.29, 1.82) is 0 Å². The van der Waals surface area contributed by atoms with Gasteiger partial charge in [0.1, 0.15) is 11.5 Å². The van der Waals surface area contributed by atoms with Gasteiger partial charge in [-0.25, -0.2) is 0 Å². The van der Waals surface area contributed by atoms with Crippen LogP contribution in [0.5, 0.6) is 0 Å². The summed E-state index contributed by atoms with van der Waals surface area (Å²) in [5.74, 6) is 2.56. The van der Waals surface area contributed by atoms with Crippen LogP contribution in [0.4, 0.5) is 0 Å². The van der Waals surface area contributed by atoms with Crippen molar-refractivity contribution < 1.29 is 4.42 Å². The van der Waals surface area contributed by atoms with Gasteiger partial charge in [-0.15, -0.1) is 24.0 Å². The molecule has 5 nitrogen and oxygen atoms in total. The average molecular weight is 446 g/mol. The van der Waals surface area contributed by atoms with E-state index in [1.54, 1.807) is 0 Å². The standard InChI is InChI=1S/C18H30N4O.HI/c1-14-9-10-17(23-14)16(22-11-5-6-12-22)13-20-18(19)21-15-7-3-2-4-8-15;/h9-10,15-16H,2-8,11-13H2,1H3,(H3,19,20,21);1H. The second kappa shape index (κ2) is 9.65. The van der Waals surface area contributed by atoms with Crippen LogP contribution >= 0.6 is 24.0 Å². The van der Waals surface area contributed by atoms with Crippen molar-refractivity contribution >= 4 is 29.9 Å². The van der Waals surface area contributed by atoms with Gasteiger partial charge < -0.3 is 15.5 Å². The molecule has 0 spiro atoms. The van der Waals surface area contributed by atoms with Crippen LogP contribution in [0.1, 0.15) is 62.5 Å². The molecular weight excluding hydrogens is 415 g/mol. The number of hydrogen-bond acceptors (Lipinski definition) is 3. The number of aryl methyl sites for hydroxylation is 1. The number of aliphatic imine (C=N–C) groups is 1. The summed E-state index contributed by atoms with van der Waals surface area (Å²) in [5.41, 5.74) is 6.12. The molecule has 2 fully saturated rings. The van der Waals surface area contributed by atoms with Crippen LogP contribution in [0.25, 0.3) is 0 Å². The minimum absolute atomic E-state index is 0. The Labute approximate surface area is 162 Å². The molecule has 0 radical (unpaired) electrons. The van der Waals surface area contributed by atoms with E-state index in [1.807, 2.05) is 13.0 Å². The van der Waals surface area contributed by atoms with Gasteiger partial charge in [0.15, 0.2) is 5.96 Å². The number of rotatable bonds is 5. The smallest absolute Gasteiger partial charge is 0.188 e. The minimum Gasteiger partial charge on any atom is -0.465 e. The largest absolute Gasteiger partial charge is 0.465 e. The van der Waals surface area contributed by atoms with Crippen molar-refractivity contribution in [2.24, 2.45) is 10.7 Å². The van der Waals surface area contributed by atoms with Crippen LogP contribution in [-0.4, -0.2) is 36.5 Å². The Balaban J connectivity index is 0.00000208. The maximum Gasteiger partial charge on any atom is 0.188 e. The van der Waals surface area contributed by atoms with Gasteiger partial charge in [-0.3, -0.25) is 9.89 Å². The molecule has 1 aliphatic carbocycles. The lowest BCUT2D eigenvalue weighted by Crippen LogP contribution is -2.41. The minimum atomic E-state index is 0. The lowest BCUT2D eigenvalue weighted by molar-refractivity contribution is 0.219. The van der Waals surface area contributed by atoms with Gasteiger partial charge in [0, 0.05) is 6.04 Å². The number of guanidine groups is 1. The Morgan fingerprint density at radius 1 is 1.25 bits per heavy atom. The Morgan fingerprint density at radius 3 is 2.58 bits per heavy atom. The molecule has 0 amide bonds. The van der Waals surface area contributed by atoms with Crippen molar-refractivity contribution in [3.63, 3.8) is 0 Å². The first-order valence-corrected chi connectivity index (χ1v) is 9.09. The van der Waals surface area contributed by atoms with Crippen LogP contribution in [0, 0.1) is 6.92 Å². The predicted molar refractivity (Wildman–Crippen MR) is 109 cm³/mol. The van der Waals surface area contributed by atoms with E-state index >= 15 is 0 Å². The van der Waals surface area contributed by atoms with Gasteiger partial charge in [0.05, 0.1) is 12.6 Å². The summed E-state index contributed by atoms with van der Waals surface area (Å²) in [6.45, 7) is 4.90. The molecule has 2 heterocycles. The molecule has 0 aromatic carbocycles. The van der Waals surface area contributed by atoms with E-state index in [-0.39, 0.29) is 30.0 Å². The van der Waals surface area contributed by atoms with Gasteiger partial charge in [-0.05, 0) is 57.8 Å². The zero-order valence-corrected chi connectivity index (χ0v) is 17.0. The van der Waals surface area contributed by atoms with Crippen LogP contribution in [0.15, 0.2) is 21.5 Å². The van der Waals surface area contributed by atoms with Crippen molar-refractivity contribution in [2.75, 3.05) is 19.6 Å². The molecule has 3 rings (SSSR count). The summed E-state index contributed by atoms with van der Waals surface area (Å²) in [4.78, 5) is 7.10. The van der Waals surface area contributed by atoms with E-state index < -0.39 is 0 Å². The highest BCUT2D eigenvalue weighted by molar-refractivity contribution is 14.0. The molecule has 6 heteroatoms. The molecule has 1 saturated carbocycles. The second-order valence-corrected chi connectivity index (χ2v) is 6.91. The summed E-state index contributed by atoms with van der Waals surface area (Å²) in [7, 11) is 0. The zero-order chi connectivity index (χ0) is 16.1. The number of hydrogen-bond donors (Lipinski definition) is 2. The molecule has 3 N–H and O–H groups in total. The van der Waals surface area contributed by atoms with Gasteiger partial charge >= 0.3 is 0 Å². The number of halogens is 1. The first kappa shape index (κ1) is 19.6. The van der Waals surface area contributed by atoms with E-state index in [0.717, 1.165) is 24.6 Å². The molecule has 1 saturated heterocycles. The van der Waals surface area contributed by atoms with Gasteiger partial charge in [-0.1, -0.05) is 19.3 Å². The molecule has 136 valence electrons. The Hall–Kier alpha value is -0.760. The molecule has 1 aromatic heterocycles. The predicted octanol–water partition coefficient (Wildman–Crippen LogP) is 3.58. The van der Waals surface area contributed by atoms with E-state index in [9.17, 15) is 0 Å². The summed E-state index contributed by atoms with van der Waals surface area (Å²) in [6.07, 6.45) is 8.89. The number of nitrogens with two attached hydrogens (primary N) is 1. The number of nitrogens with one attached hydrogen (secondary N) is 1. The van der Waals surface area contributed by atoms with Gasteiger partial charge in [-0.2, -0.15) is 0 Å². The number of furan rings is 1. The average Bonchev–Trinajstić information content (AvgIpc) is 3.21. The molecule has 1 aromatic rings. The molecule has 24 heavy (non-hydrogen) atoms. The summed E-state index contributed by atoms with van der Waals surface area (Å²) in [6, 6.07) is 4.83. The maximum absolute atomic E-state index is 6.12. The van der Waals surface area contributed by atoms with Gasteiger partial charge in [0.25, 0.3) is 0 Å². The molecule has 2 aliphatic rings. The Bertz CT molecular complexity index is 519. The van der Waals surface area contributed by atoms with Crippen molar-refractivity contribution in [3.8, 4) is 0 Å². The van der Waals surface area contributed by atoms with E-state index in [2.05, 4.69) is 21.3 Å². The maximum atomic E-state index is 6.12. The Kier molecular flexibility index (Phi) is 7.87. The molecule has 0 bridgehead atoms. The van der Waals surface area contributed by atoms with E-state index in [1.165, 1.54) is 44.9 Å². The second-order valence-electron chi connectivity index (χ2n) is 6.91. The number of nitrogens with zero attached hydrogens (tertiary/aromatic N) is 2. The van der Waals surface area contributed by atoms with Crippen molar-refractivity contribution in [3.05, 3.63) is 23.7 Å². The first-order valence-electron chi connectivity index (χ1n) is 9.09. The summed E-state index contributed by atoms with van der Waals surface area (Å²) in [5, 5.41) is 3.40. The Morgan fingerprint density at radius 2 is 1.96 bits per heavy atom. The normalized spacial score (nSPS) is 21.5. The summed E-state index contributed by atoms with van der Waals surface area (Å²) >= 11 is 0. The lowest BCUT2D eigenvalue weighted by atomic mass is 9.96. The highest BCUT2D eigenvalue weighted by Gasteiger charge is 2.26. The van der Waals surface area contributed by atoms with Crippen LogP contribution < -0.4 is 11.1 Å². The molecular formula is C18H31IN4O. The quantitative estimate of drug-likeness (QED) is 0.412. The number of likely N-dealkylation sites (tertiary alicyclic amines) is 1. The molecule has 1 atom stereocenters. The summed E-state index contributed by atoms with van der Waals surface area (Å²) < 4.78 is 5.87. The van der Waals surface area contributed by atoms with Gasteiger partial charge in [0.2, 0.25) is 0 Å². The third-order valence-corrected chi connectivity index (χ3v) is 5.06. The third-order valence-electron chi connectivity index (χ3n) is 5.06.